The highest BCUT2D eigenvalue weighted by Crippen LogP contribution is 2.24. The summed E-state index contributed by atoms with van der Waals surface area (Å²) in [6, 6.07) is 7.09. The van der Waals surface area contributed by atoms with E-state index in [0.29, 0.717) is 6.54 Å². The quantitative estimate of drug-likeness (QED) is 0.883. The zero-order valence-corrected chi connectivity index (χ0v) is 15.0. The smallest absolute Gasteiger partial charge is 0.254 e. The summed E-state index contributed by atoms with van der Waals surface area (Å²) in [6.45, 7) is 2.35. The molecule has 1 atom stereocenters. The van der Waals surface area contributed by atoms with Crippen LogP contribution in [0.1, 0.15) is 47.8 Å². The van der Waals surface area contributed by atoms with Gasteiger partial charge in [0.25, 0.3) is 5.91 Å². The van der Waals surface area contributed by atoms with E-state index >= 15 is 0 Å². The van der Waals surface area contributed by atoms with Gasteiger partial charge in [0.1, 0.15) is 11.6 Å². The summed E-state index contributed by atoms with van der Waals surface area (Å²) < 4.78 is 29.0. The summed E-state index contributed by atoms with van der Waals surface area (Å²) in [5.41, 5.74) is 0.986. The highest BCUT2D eigenvalue weighted by atomic mass is 19.1. The normalized spacial score (nSPS) is 16.9. The minimum absolute atomic E-state index is 0.0283. The minimum Gasteiger partial charge on any atom is -0.353 e. The van der Waals surface area contributed by atoms with Gasteiger partial charge in [0, 0.05) is 31.5 Å². The molecule has 1 aliphatic rings. The van der Waals surface area contributed by atoms with Gasteiger partial charge >= 0.3 is 0 Å². The van der Waals surface area contributed by atoms with Crippen LogP contribution in [0.15, 0.2) is 36.5 Å². The standard InChI is InChI=1S/C20H25F2N3O/c1-24-10-6-7-18(24)19(25-11-4-2-3-5-12-25)14-23-20(26)16-9-8-15(21)13-17(16)22/h6-10,13,19H,2-5,11-12,14H2,1H3,(H,23,26). The maximum Gasteiger partial charge on any atom is 0.254 e. The molecule has 0 aliphatic carbocycles. The monoisotopic (exact) mass is 361 g/mol. The summed E-state index contributed by atoms with van der Waals surface area (Å²) in [5.74, 6) is -2.05. The van der Waals surface area contributed by atoms with Gasteiger partial charge in [-0.15, -0.1) is 0 Å². The van der Waals surface area contributed by atoms with E-state index in [9.17, 15) is 13.6 Å². The molecule has 1 amide bonds. The lowest BCUT2D eigenvalue weighted by atomic mass is 10.1. The van der Waals surface area contributed by atoms with E-state index < -0.39 is 17.5 Å². The van der Waals surface area contributed by atoms with Crippen LogP contribution in [0, 0.1) is 11.6 Å². The lowest BCUT2D eigenvalue weighted by Gasteiger charge is -2.31. The predicted molar refractivity (Wildman–Crippen MR) is 96.9 cm³/mol. The number of rotatable bonds is 5. The van der Waals surface area contributed by atoms with Crippen molar-refractivity contribution in [1.82, 2.24) is 14.8 Å². The number of nitrogens with zero attached hydrogens (tertiary/aromatic N) is 2. The molecule has 3 rings (SSSR count). The van der Waals surface area contributed by atoms with Crippen molar-refractivity contribution in [2.24, 2.45) is 7.05 Å². The zero-order valence-electron chi connectivity index (χ0n) is 15.0. The molecule has 1 fully saturated rings. The van der Waals surface area contributed by atoms with E-state index in [-0.39, 0.29) is 11.6 Å². The summed E-state index contributed by atoms with van der Waals surface area (Å²) in [7, 11) is 1.99. The summed E-state index contributed by atoms with van der Waals surface area (Å²) in [5, 5.41) is 2.84. The topological polar surface area (TPSA) is 37.3 Å². The first-order valence-electron chi connectivity index (χ1n) is 9.15. The Labute approximate surface area is 152 Å². The van der Waals surface area contributed by atoms with Crippen molar-refractivity contribution in [2.75, 3.05) is 19.6 Å². The van der Waals surface area contributed by atoms with Gasteiger partial charge < -0.3 is 9.88 Å². The molecular formula is C20H25F2N3O. The molecule has 1 aromatic heterocycles. The Morgan fingerprint density at radius 2 is 1.88 bits per heavy atom. The van der Waals surface area contributed by atoms with Crippen LogP contribution >= 0.6 is 0 Å². The van der Waals surface area contributed by atoms with Gasteiger partial charge in [0.2, 0.25) is 0 Å². The van der Waals surface area contributed by atoms with Crippen molar-refractivity contribution >= 4 is 5.91 Å². The molecular weight excluding hydrogens is 336 g/mol. The van der Waals surface area contributed by atoms with Crippen molar-refractivity contribution in [3.63, 3.8) is 0 Å². The highest BCUT2D eigenvalue weighted by Gasteiger charge is 2.24. The van der Waals surface area contributed by atoms with Gasteiger partial charge in [0.05, 0.1) is 11.6 Å². The van der Waals surface area contributed by atoms with E-state index in [1.165, 1.54) is 18.9 Å². The summed E-state index contributed by atoms with van der Waals surface area (Å²) in [6.07, 6.45) is 6.72. The number of benzene rings is 1. The van der Waals surface area contributed by atoms with Crippen LogP contribution in [0.25, 0.3) is 0 Å². The second kappa shape index (κ2) is 8.45. The number of amides is 1. The molecule has 1 N–H and O–H groups in total. The van der Waals surface area contributed by atoms with Crippen molar-refractivity contribution in [3.05, 3.63) is 59.4 Å². The number of carbonyl (C=O) groups is 1. The molecule has 0 saturated carbocycles. The Morgan fingerprint density at radius 1 is 1.15 bits per heavy atom. The Morgan fingerprint density at radius 3 is 2.50 bits per heavy atom. The Balaban J connectivity index is 1.75. The number of hydrogen-bond donors (Lipinski definition) is 1. The molecule has 2 aromatic rings. The molecule has 2 heterocycles. The maximum atomic E-state index is 13.9. The maximum absolute atomic E-state index is 13.9. The van der Waals surface area contributed by atoms with E-state index in [0.717, 1.165) is 43.8 Å². The number of aryl methyl sites for hydroxylation is 1. The fourth-order valence-corrected chi connectivity index (χ4v) is 3.61. The van der Waals surface area contributed by atoms with Crippen molar-refractivity contribution in [1.29, 1.82) is 0 Å². The van der Waals surface area contributed by atoms with Crippen LogP contribution in [0.5, 0.6) is 0 Å². The lowest BCUT2D eigenvalue weighted by molar-refractivity contribution is 0.0927. The van der Waals surface area contributed by atoms with Crippen LogP contribution in [0.4, 0.5) is 8.78 Å². The van der Waals surface area contributed by atoms with Crippen LogP contribution < -0.4 is 5.32 Å². The largest absolute Gasteiger partial charge is 0.353 e. The van der Waals surface area contributed by atoms with Crippen molar-refractivity contribution in [2.45, 2.75) is 31.7 Å². The third-order valence-electron chi connectivity index (χ3n) is 5.04. The van der Waals surface area contributed by atoms with Crippen molar-refractivity contribution in [3.8, 4) is 0 Å². The SMILES string of the molecule is Cn1cccc1C(CNC(=O)c1ccc(F)cc1F)N1CCCCCC1. The fraction of sp³-hybridized carbons (Fsp3) is 0.450. The van der Waals surface area contributed by atoms with E-state index in [1.807, 2.05) is 19.3 Å². The minimum atomic E-state index is -0.840. The Kier molecular flexibility index (Phi) is 6.04. The van der Waals surface area contributed by atoms with Gasteiger partial charge in [-0.25, -0.2) is 8.78 Å². The Hall–Kier alpha value is -2.21. The second-order valence-corrected chi connectivity index (χ2v) is 6.84. The fourth-order valence-electron chi connectivity index (χ4n) is 3.61. The lowest BCUT2D eigenvalue weighted by Crippen LogP contribution is -2.39. The van der Waals surface area contributed by atoms with E-state index in [2.05, 4.69) is 20.9 Å². The van der Waals surface area contributed by atoms with Gasteiger partial charge in [-0.1, -0.05) is 12.8 Å². The number of aromatic nitrogens is 1. The Bertz CT molecular complexity index is 751. The first-order valence-corrected chi connectivity index (χ1v) is 9.15. The number of likely N-dealkylation sites (tertiary alicyclic amines) is 1. The molecule has 0 bridgehead atoms. The van der Waals surface area contributed by atoms with Gasteiger partial charge in [-0.3, -0.25) is 9.69 Å². The summed E-state index contributed by atoms with van der Waals surface area (Å²) in [4.78, 5) is 14.8. The number of nitrogens with one attached hydrogen (secondary N) is 1. The molecule has 6 heteroatoms. The van der Waals surface area contributed by atoms with Gasteiger partial charge in [-0.2, -0.15) is 0 Å². The first-order chi connectivity index (χ1) is 12.6. The van der Waals surface area contributed by atoms with Gasteiger partial charge in [0.15, 0.2) is 0 Å². The van der Waals surface area contributed by atoms with Gasteiger partial charge in [-0.05, 0) is 50.2 Å². The number of hydrogen-bond acceptors (Lipinski definition) is 2. The predicted octanol–water partition coefficient (Wildman–Crippen LogP) is 3.65. The molecule has 1 aromatic carbocycles. The third-order valence-corrected chi connectivity index (χ3v) is 5.04. The van der Waals surface area contributed by atoms with E-state index in [1.54, 1.807) is 0 Å². The first kappa shape index (κ1) is 18.6. The van der Waals surface area contributed by atoms with Crippen molar-refractivity contribution < 1.29 is 13.6 Å². The average molecular weight is 361 g/mol. The van der Waals surface area contributed by atoms with Crippen LogP contribution in [0.3, 0.4) is 0 Å². The zero-order chi connectivity index (χ0) is 18.5. The number of carbonyl (C=O) groups excluding carboxylic acids is 1. The number of halogens is 2. The molecule has 1 unspecified atom stereocenters. The average Bonchev–Trinajstić information content (AvgIpc) is 2.86. The van der Waals surface area contributed by atoms with E-state index in [4.69, 9.17) is 0 Å². The molecule has 0 spiro atoms. The molecule has 1 aliphatic heterocycles. The second-order valence-electron chi connectivity index (χ2n) is 6.84. The third kappa shape index (κ3) is 4.30. The molecule has 4 nitrogen and oxygen atoms in total. The van der Waals surface area contributed by atoms with Crippen LogP contribution in [0.2, 0.25) is 0 Å². The summed E-state index contributed by atoms with van der Waals surface area (Å²) >= 11 is 0. The molecule has 0 radical (unpaired) electrons. The molecule has 140 valence electrons. The van der Waals surface area contributed by atoms with Crippen LogP contribution in [-0.4, -0.2) is 35.0 Å². The highest BCUT2D eigenvalue weighted by molar-refractivity contribution is 5.94. The molecule has 1 saturated heterocycles. The van der Waals surface area contributed by atoms with Crippen LogP contribution in [-0.2, 0) is 7.05 Å². The molecule has 26 heavy (non-hydrogen) atoms.